The van der Waals surface area contributed by atoms with E-state index in [1.807, 2.05) is 0 Å². The van der Waals surface area contributed by atoms with Crippen LogP contribution in [0.4, 0.5) is 0 Å². The normalized spacial score (nSPS) is 20.8. The third-order valence-electron chi connectivity index (χ3n) is 3.45. The van der Waals surface area contributed by atoms with Crippen LogP contribution in [0.1, 0.15) is 46.5 Å². The third-order valence-corrected chi connectivity index (χ3v) is 3.45. The zero-order valence-electron chi connectivity index (χ0n) is 12.0. The summed E-state index contributed by atoms with van der Waals surface area (Å²) in [5.41, 5.74) is -0.106. The number of rotatable bonds is 5. The molecule has 0 atom stereocenters. The maximum Gasteiger partial charge on any atom is 0.0817 e. The van der Waals surface area contributed by atoms with Crippen LogP contribution in [-0.4, -0.2) is 49.0 Å². The van der Waals surface area contributed by atoms with Crippen LogP contribution >= 0.6 is 0 Å². The summed E-state index contributed by atoms with van der Waals surface area (Å²) in [6.45, 7) is 10.1. The molecule has 0 spiro atoms. The van der Waals surface area contributed by atoms with E-state index < -0.39 is 5.60 Å². The lowest BCUT2D eigenvalue weighted by Gasteiger charge is -2.35. The molecular weight excluding hydrogens is 214 g/mol. The van der Waals surface area contributed by atoms with Crippen LogP contribution in [0.3, 0.4) is 0 Å². The van der Waals surface area contributed by atoms with Crippen LogP contribution in [0.5, 0.6) is 0 Å². The lowest BCUT2D eigenvalue weighted by Crippen LogP contribution is -2.45. The Balaban J connectivity index is 2.21. The van der Waals surface area contributed by atoms with Gasteiger partial charge in [0.05, 0.1) is 5.60 Å². The molecule has 3 heteroatoms. The van der Waals surface area contributed by atoms with E-state index in [0.717, 1.165) is 25.9 Å². The monoisotopic (exact) mass is 243 g/mol. The third kappa shape index (κ3) is 6.39. The van der Waals surface area contributed by atoms with Crippen LogP contribution in [-0.2, 0) is 4.74 Å². The fourth-order valence-electron chi connectivity index (χ4n) is 2.37. The summed E-state index contributed by atoms with van der Waals surface area (Å²) < 4.78 is 5.29. The SMILES string of the molecule is CN(CCCC(C)(C)C)CC1(O)CCOCC1. The molecule has 0 radical (unpaired) electrons. The molecule has 0 bridgehead atoms. The molecular formula is C14H29NO2. The molecule has 1 aliphatic rings. The van der Waals surface area contributed by atoms with Gasteiger partial charge in [0.15, 0.2) is 0 Å². The van der Waals surface area contributed by atoms with Gasteiger partial charge in [-0.2, -0.15) is 0 Å². The van der Waals surface area contributed by atoms with Gasteiger partial charge >= 0.3 is 0 Å². The average molecular weight is 243 g/mol. The molecule has 0 saturated carbocycles. The summed E-state index contributed by atoms with van der Waals surface area (Å²) in [7, 11) is 2.11. The molecule has 102 valence electrons. The van der Waals surface area contributed by atoms with Crippen molar-refractivity contribution in [3.63, 3.8) is 0 Å². The number of likely N-dealkylation sites (N-methyl/N-ethyl adjacent to an activating group) is 1. The smallest absolute Gasteiger partial charge is 0.0817 e. The topological polar surface area (TPSA) is 32.7 Å². The Morgan fingerprint density at radius 3 is 2.35 bits per heavy atom. The molecule has 0 aromatic heterocycles. The van der Waals surface area contributed by atoms with E-state index in [1.165, 1.54) is 12.8 Å². The minimum Gasteiger partial charge on any atom is -0.388 e. The summed E-state index contributed by atoms with van der Waals surface area (Å²) in [6.07, 6.45) is 3.98. The van der Waals surface area contributed by atoms with Crippen molar-refractivity contribution in [3.05, 3.63) is 0 Å². The first-order valence-electron chi connectivity index (χ1n) is 6.79. The van der Waals surface area contributed by atoms with Gasteiger partial charge in [-0.15, -0.1) is 0 Å². The van der Waals surface area contributed by atoms with Crippen molar-refractivity contribution in [2.45, 2.75) is 52.1 Å². The highest BCUT2D eigenvalue weighted by atomic mass is 16.5. The van der Waals surface area contributed by atoms with Crippen molar-refractivity contribution in [1.82, 2.24) is 4.90 Å². The van der Waals surface area contributed by atoms with E-state index in [4.69, 9.17) is 4.74 Å². The molecule has 0 unspecified atom stereocenters. The molecule has 17 heavy (non-hydrogen) atoms. The number of ether oxygens (including phenoxy) is 1. The highest BCUT2D eigenvalue weighted by molar-refractivity contribution is 4.84. The van der Waals surface area contributed by atoms with E-state index in [1.54, 1.807) is 0 Å². The van der Waals surface area contributed by atoms with Gasteiger partial charge in [0.25, 0.3) is 0 Å². The second-order valence-corrected chi connectivity index (χ2v) is 6.74. The molecule has 1 fully saturated rings. The van der Waals surface area contributed by atoms with Crippen molar-refractivity contribution in [2.24, 2.45) is 5.41 Å². The Kier molecular flexibility index (Phi) is 5.42. The van der Waals surface area contributed by atoms with Gasteiger partial charge in [-0.3, -0.25) is 0 Å². The molecule has 0 aromatic carbocycles. The first-order chi connectivity index (χ1) is 7.81. The lowest BCUT2D eigenvalue weighted by molar-refractivity contribution is -0.0770. The predicted octanol–water partition coefficient (Wildman–Crippen LogP) is 2.29. The van der Waals surface area contributed by atoms with Crippen LogP contribution in [0, 0.1) is 5.41 Å². The predicted molar refractivity (Wildman–Crippen MR) is 71.2 cm³/mol. The zero-order chi connectivity index (χ0) is 12.9. The number of hydrogen-bond acceptors (Lipinski definition) is 3. The minimum absolute atomic E-state index is 0.413. The van der Waals surface area contributed by atoms with Gasteiger partial charge in [-0.05, 0) is 31.8 Å². The summed E-state index contributed by atoms with van der Waals surface area (Å²) in [4.78, 5) is 2.26. The van der Waals surface area contributed by atoms with Gasteiger partial charge < -0.3 is 14.7 Å². The van der Waals surface area contributed by atoms with Crippen LogP contribution in [0.2, 0.25) is 0 Å². The summed E-state index contributed by atoms with van der Waals surface area (Å²) >= 11 is 0. The Labute approximate surface area is 106 Å². The van der Waals surface area contributed by atoms with Crippen molar-refractivity contribution in [2.75, 3.05) is 33.4 Å². The largest absolute Gasteiger partial charge is 0.388 e. The van der Waals surface area contributed by atoms with Crippen LogP contribution in [0.15, 0.2) is 0 Å². The Morgan fingerprint density at radius 1 is 1.24 bits per heavy atom. The minimum atomic E-state index is -0.519. The van der Waals surface area contributed by atoms with Crippen LogP contribution < -0.4 is 0 Å². The average Bonchev–Trinajstić information content (AvgIpc) is 2.15. The van der Waals surface area contributed by atoms with Gasteiger partial charge in [-0.25, -0.2) is 0 Å². The molecule has 1 N–H and O–H groups in total. The van der Waals surface area contributed by atoms with Gasteiger partial charge in [0.1, 0.15) is 0 Å². The van der Waals surface area contributed by atoms with Crippen LogP contribution in [0.25, 0.3) is 0 Å². The van der Waals surface area contributed by atoms with E-state index in [-0.39, 0.29) is 0 Å². The lowest BCUT2D eigenvalue weighted by atomic mass is 9.90. The number of hydrogen-bond donors (Lipinski definition) is 1. The fraction of sp³-hybridized carbons (Fsp3) is 1.00. The first kappa shape index (κ1) is 14.9. The molecule has 1 rings (SSSR count). The Bertz CT molecular complexity index is 217. The first-order valence-corrected chi connectivity index (χ1v) is 6.79. The molecule has 3 nitrogen and oxygen atoms in total. The zero-order valence-corrected chi connectivity index (χ0v) is 12.0. The quantitative estimate of drug-likeness (QED) is 0.804. The molecule has 0 aliphatic carbocycles. The van der Waals surface area contributed by atoms with Gasteiger partial charge in [0, 0.05) is 32.6 Å². The molecule has 0 amide bonds. The summed E-state index contributed by atoms with van der Waals surface area (Å²) in [6, 6.07) is 0. The maximum atomic E-state index is 10.4. The molecule has 0 aromatic rings. The van der Waals surface area contributed by atoms with Crippen molar-refractivity contribution >= 4 is 0 Å². The second-order valence-electron chi connectivity index (χ2n) is 6.74. The maximum absolute atomic E-state index is 10.4. The Morgan fingerprint density at radius 2 is 1.82 bits per heavy atom. The van der Waals surface area contributed by atoms with Gasteiger partial charge in [0.2, 0.25) is 0 Å². The highest BCUT2D eigenvalue weighted by Gasteiger charge is 2.30. The van der Waals surface area contributed by atoms with Crippen molar-refractivity contribution in [3.8, 4) is 0 Å². The molecule has 1 heterocycles. The summed E-state index contributed by atoms with van der Waals surface area (Å²) in [5, 5.41) is 10.4. The number of nitrogens with zero attached hydrogens (tertiary/aromatic N) is 1. The number of aliphatic hydroxyl groups is 1. The highest BCUT2D eigenvalue weighted by Crippen LogP contribution is 2.23. The van der Waals surface area contributed by atoms with E-state index in [9.17, 15) is 5.11 Å². The molecule has 1 saturated heterocycles. The standard InChI is InChI=1S/C14H29NO2/c1-13(2,3)6-5-9-15(4)12-14(16)7-10-17-11-8-14/h16H,5-12H2,1-4H3. The van der Waals surface area contributed by atoms with Crippen molar-refractivity contribution < 1.29 is 9.84 Å². The second kappa shape index (κ2) is 6.17. The van der Waals surface area contributed by atoms with E-state index >= 15 is 0 Å². The van der Waals surface area contributed by atoms with Gasteiger partial charge in [-0.1, -0.05) is 20.8 Å². The summed E-state index contributed by atoms with van der Waals surface area (Å²) in [5.74, 6) is 0. The Hall–Kier alpha value is -0.120. The fourth-order valence-corrected chi connectivity index (χ4v) is 2.37. The van der Waals surface area contributed by atoms with Crippen molar-refractivity contribution in [1.29, 1.82) is 0 Å². The van der Waals surface area contributed by atoms with E-state index in [0.29, 0.717) is 18.6 Å². The molecule has 1 aliphatic heterocycles. The van der Waals surface area contributed by atoms with E-state index in [2.05, 4.69) is 32.7 Å².